The lowest BCUT2D eigenvalue weighted by Crippen LogP contribution is -1.92. The normalized spacial score (nSPS) is 10.8. The van der Waals surface area contributed by atoms with Crippen LogP contribution in [0.3, 0.4) is 0 Å². The maximum atomic E-state index is 13.0. The molecule has 0 spiro atoms. The summed E-state index contributed by atoms with van der Waals surface area (Å²) in [6, 6.07) is 8.36. The number of benzene rings is 1. The number of aromatic nitrogens is 3. The molecule has 0 saturated carbocycles. The van der Waals surface area contributed by atoms with Crippen molar-refractivity contribution in [1.82, 2.24) is 15.2 Å². The molecule has 18 heavy (non-hydrogen) atoms. The molecule has 0 saturated heterocycles. The Kier molecular flexibility index (Phi) is 2.44. The molecule has 3 aromatic rings. The van der Waals surface area contributed by atoms with E-state index < -0.39 is 0 Å². The molecule has 2 aromatic heterocycles. The fraction of sp³-hybridized carbons (Fsp3) is 0.0769. The van der Waals surface area contributed by atoms with Crippen molar-refractivity contribution in [2.45, 2.75) is 6.92 Å². The molecule has 1 aromatic carbocycles. The number of hydrogen-bond donors (Lipinski definition) is 2. The van der Waals surface area contributed by atoms with E-state index in [1.807, 2.05) is 19.1 Å². The number of pyridine rings is 1. The van der Waals surface area contributed by atoms with Crippen molar-refractivity contribution in [2.24, 2.45) is 0 Å². The Morgan fingerprint density at radius 3 is 2.89 bits per heavy atom. The monoisotopic (exact) mass is 242 g/mol. The average molecular weight is 242 g/mol. The second kappa shape index (κ2) is 4.10. The third-order valence-corrected chi connectivity index (χ3v) is 2.70. The average Bonchev–Trinajstić information content (AvgIpc) is 2.74. The van der Waals surface area contributed by atoms with Crippen LogP contribution >= 0.6 is 0 Å². The van der Waals surface area contributed by atoms with Gasteiger partial charge < -0.3 is 5.32 Å². The molecule has 0 aliphatic heterocycles. The number of fused-ring (bicyclic) bond motifs is 1. The van der Waals surface area contributed by atoms with E-state index in [4.69, 9.17) is 0 Å². The third kappa shape index (κ3) is 1.90. The number of H-pyrrole nitrogens is 1. The summed E-state index contributed by atoms with van der Waals surface area (Å²) in [5.41, 5.74) is 2.46. The minimum atomic E-state index is -0.283. The van der Waals surface area contributed by atoms with E-state index in [0.29, 0.717) is 11.3 Å². The van der Waals surface area contributed by atoms with Crippen LogP contribution in [0.15, 0.2) is 36.5 Å². The molecule has 0 amide bonds. The Bertz CT molecular complexity index is 688. The van der Waals surface area contributed by atoms with Gasteiger partial charge in [0.1, 0.15) is 5.82 Å². The summed E-state index contributed by atoms with van der Waals surface area (Å²) in [6.45, 7) is 1.93. The lowest BCUT2D eigenvalue weighted by atomic mass is 10.2. The predicted octanol–water partition coefficient (Wildman–Crippen LogP) is 3.15. The van der Waals surface area contributed by atoms with Crippen molar-refractivity contribution >= 4 is 22.4 Å². The molecule has 0 aliphatic carbocycles. The molecule has 0 radical (unpaired) electrons. The molecule has 0 fully saturated rings. The summed E-state index contributed by atoms with van der Waals surface area (Å²) in [5.74, 6) is 0.380. The first-order chi connectivity index (χ1) is 8.72. The van der Waals surface area contributed by atoms with Crippen LogP contribution in [0.25, 0.3) is 10.9 Å². The Morgan fingerprint density at radius 2 is 2.11 bits per heavy atom. The molecule has 5 heteroatoms. The van der Waals surface area contributed by atoms with Crippen LogP contribution in [0, 0.1) is 12.7 Å². The molecule has 2 N–H and O–H groups in total. The summed E-state index contributed by atoms with van der Waals surface area (Å²) < 4.78 is 13.0. The van der Waals surface area contributed by atoms with E-state index in [9.17, 15) is 4.39 Å². The van der Waals surface area contributed by atoms with Crippen LogP contribution in [0.4, 0.5) is 15.9 Å². The summed E-state index contributed by atoms with van der Waals surface area (Å²) in [6.07, 6.45) is 1.74. The van der Waals surface area contributed by atoms with Gasteiger partial charge in [-0.3, -0.25) is 10.1 Å². The van der Waals surface area contributed by atoms with Gasteiger partial charge in [0.05, 0.1) is 17.4 Å². The van der Waals surface area contributed by atoms with E-state index in [0.717, 1.165) is 16.8 Å². The zero-order valence-corrected chi connectivity index (χ0v) is 9.74. The van der Waals surface area contributed by atoms with Crippen LogP contribution in [0.1, 0.15) is 5.69 Å². The predicted molar refractivity (Wildman–Crippen MR) is 68.3 cm³/mol. The highest BCUT2D eigenvalue weighted by Crippen LogP contribution is 2.24. The molecule has 0 aliphatic rings. The van der Waals surface area contributed by atoms with Gasteiger partial charge in [0.2, 0.25) is 0 Å². The summed E-state index contributed by atoms with van der Waals surface area (Å²) in [7, 11) is 0. The smallest absolute Gasteiger partial charge is 0.160 e. The van der Waals surface area contributed by atoms with Crippen molar-refractivity contribution in [3.05, 3.63) is 48.0 Å². The first-order valence-corrected chi connectivity index (χ1v) is 5.56. The molecule has 0 atom stereocenters. The highest BCUT2D eigenvalue weighted by molar-refractivity contribution is 5.91. The van der Waals surface area contributed by atoms with Crippen LogP contribution in [-0.4, -0.2) is 15.2 Å². The number of halogens is 1. The van der Waals surface area contributed by atoms with E-state index in [1.54, 1.807) is 12.3 Å². The summed E-state index contributed by atoms with van der Waals surface area (Å²) in [5, 5.41) is 10.9. The first kappa shape index (κ1) is 10.7. The minimum Gasteiger partial charge on any atom is -0.337 e. The Morgan fingerprint density at radius 1 is 1.22 bits per heavy atom. The third-order valence-electron chi connectivity index (χ3n) is 2.70. The largest absolute Gasteiger partial charge is 0.337 e. The number of nitrogens with one attached hydrogen (secondary N) is 2. The summed E-state index contributed by atoms with van der Waals surface area (Å²) in [4.78, 5) is 4.19. The van der Waals surface area contributed by atoms with E-state index in [1.165, 1.54) is 12.1 Å². The van der Waals surface area contributed by atoms with Crippen molar-refractivity contribution in [2.75, 3.05) is 5.32 Å². The van der Waals surface area contributed by atoms with Gasteiger partial charge in [-0.25, -0.2) is 4.39 Å². The zero-order valence-electron chi connectivity index (χ0n) is 9.74. The number of rotatable bonds is 2. The standard InChI is InChI=1S/C13H11FN4/c1-8-2-4-10(7-15-8)16-13-11-5-3-9(14)6-12(11)17-18-13/h2-7H,1H3,(H2,16,17,18). The first-order valence-electron chi connectivity index (χ1n) is 5.56. The number of aryl methyl sites for hydroxylation is 1. The molecule has 0 bridgehead atoms. The van der Waals surface area contributed by atoms with Gasteiger partial charge in [-0.2, -0.15) is 5.10 Å². The van der Waals surface area contributed by atoms with Gasteiger partial charge in [-0.15, -0.1) is 0 Å². The van der Waals surface area contributed by atoms with Crippen LogP contribution in [0.2, 0.25) is 0 Å². The molecule has 3 rings (SSSR count). The van der Waals surface area contributed by atoms with Gasteiger partial charge in [0.25, 0.3) is 0 Å². The minimum absolute atomic E-state index is 0.283. The Hall–Kier alpha value is -2.43. The van der Waals surface area contributed by atoms with Crippen molar-refractivity contribution < 1.29 is 4.39 Å². The Labute approximate surface area is 103 Å². The molecule has 90 valence electrons. The van der Waals surface area contributed by atoms with Gasteiger partial charge in [0.15, 0.2) is 5.82 Å². The molecule has 0 unspecified atom stereocenters. The molecule has 4 nitrogen and oxygen atoms in total. The van der Waals surface area contributed by atoms with E-state index >= 15 is 0 Å². The highest BCUT2D eigenvalue weighted by Gasteiger charge is 2.06. The zero-order chi connectivity index (χ0) is 12.5. The SMILES string of the molecule is Cc1ccc(Nc2n[nH]c3cc(F)ccc23)cn1. The maximum absolute atomic E-state index is 13.0. The Balaban J connectivity index is 1.97. The number of anilines is 2. The van der Waals surface area contributed by atoms with Gasteiger partial charge in [-0.05, 0) is 37.3 Å². The fourth-order valence-corrected chi connectivity index (χ4v) is 1.77. The van der Waals surface area contributed by atoms with Gasteiger partial charge in [0, 0.05) is 11.1 Å². The molecular weight excluding hydrogens is 231 g/mol. The lowest BCUT2D eigenvalue weighted by Gasteiger charge is -2.03. The maximum Gasteiger partial charge on any atom is 0.160 e. The van der Waals surface area contributed by atoms with Gasteiger partial charge >= 0.3 is 0 Å². The quantitative estimate of drug-likeness (QED) is 0.725. The number of nitrogens with zero attached hydrogens (tertiary/aromatic N) is 2. The fourth-order valence-electron chi connectivity index (χ4n) is 1.77. The van der Waals surface area contributed by atoms with Crippen LogP contribution in [0.5, 0.6) is 0 Å². The van der Waals surface area contributed by atoms with Gasteiger partial charge in [-0.1, -0.05) is 0 Å². The van der Waals surface area contributed by atoms with Crippen molar-refractivity contribution in [1.29, 1.82) is 0 Å². The van der Waals surface area contributed by atoms with Crippen LogP contribution < -0.4 is 5.32 Å². The second-order valence-electron chi connectivity index (χ2n) is 4.08. The van der Waals surface area contributed by atoms with E-state index in [2.05, 4.69) is 20.5 Å². The summed E-state index contributed by atoms with van der Waals surface area (Å²) >= 11 is 0. The number of aromatic amines is 1. The van der Waals surface area contributed by atoms with E-state index in [-0.39, 0.29) is 5.82 Å². The van der Waals surface area contributed by atoms with Crippen molar-refractivity contribution in [3.63, 3.8) is 0 Å². The highest BCUT2D eigenvalue weighted by atomic mass is 19.1. The van der Waals surface area contributed by atoms with Crippen LogP contribution in [-0.2, 0) is 0 Å². The second-order valence-corrected chi connectivity index (χ2v) is 4.08. The topological polar surface area (TPSA) is 53.6 Å². The molecular formula is C13H11FN4. The number of hydrogen-bond acceptors (Lipinski definition) is 3. The molecule has 2 heterocycles. The lowest BCUT2D eigenvalue weighted by molar-refractivity contribution is 0.629. The van der Waals surface area contributed by atoms with Crippen molar-refractivity contribution in [3.8, 4) is 0 Å².